The van der Waals surface area contributed by atoms with Gasteiger partial charge in [-0.1, -0.05) is 57.7 Å². The van der Waals surface area contributed by atoms with Crippen molar-refractivity contribution in [2.75, 3.05) is 10.6 Å². The van der Waals surface area contributed by atoms with Gasteiger partial charge in [0.25, 0.3) is 0 Å². The van der Waals surface area contributed by atoms with E-state index in [4.69, 9.17) is 11.6 Å². The number of halogens is 2. The number of carboxylic acid groups (broad SMARTS) is 1. The Labute approximate surface area is 201 Å². The summed E-state index contributed by atoms with van der Waals surface area (Å²) in [5.41, 5.74) is 2.92. The van der Waals surface area contributed by atoms with E-state index in [9.17, 15) is 14.3 Å². The lowest BCUT2D eigenvalue weighted by Gasteiger charge is -2.35. The van der Waals surface area contributed by atoms with Gasteiger partial charge in [-0.25, -0.2) is 4.39 Å². The standard InChI is InChI=1S/C27H36ClFN2O2/c1-4-18(15-26(32)33)20-10-12-24(31-27(17(2)3)19-8-6-5-7-9-19)25(14-20)30-23-13-11-21(28)16-22(23)29/h10-14,16-19,27,30-31H,4-9,15H2,1-3H3,(H,32,33). The van der Waals surface area contributed by atoms with Crippen molar-refractivity contribution in [3.8, 4) is 0 Å². The Hall–Kier alpha value is -2.27. The number of aliphatic carboxylic acids is 1. The fraction of sp³-hybridized carbons (Fsp3) is 0.519. The number of anilines is 3. The zero-order valence-corrected chi connectivity index (χ0v) is 20.6. The van der Waals surface area contributed by atoms with Crippen LogP contribution in [0.2, 0.25) is 5.02 Å². The minimum absolute atomic E-state index is 0.0642. The van der Waals surface area contributed by atoms with Gasteiger partial charge in [-0.05, 0) is 72.9 Å². The highest BCUT2D eigenvalue weighted by Crippen LogP contribution is 2.37. The molecule has 2 aromatic rings. The average molecular weight is 475 g/mol. The van der Waals surface area contributed by atoms with Crippen LogP contribution in [0.15, 0.2) is 36.4 Å². The van der Waals surface area contributed by atoms with Crippen molar-refractivity contribution in [3.05, 3.63) is 52.8 Å². The lowest BCUT2D eigenvalue weighted by molar-refractivity contribution is -0.137. The van der Waals surface area contributed by atoms with Crippen LogP contribution in [0.4, 0.5) is 21.5 Å². The third kappa shape index (κ3) is 6.86. The van der Waals surface area contributed by atoms with Crippen LogP contribution in [0.3, 0.4) is 0 Å². The van der Waals surface area contributed by atoms with Crippen LogP contribution in [0.5, 0.6) is 0 Å². The second-order valence-electron chi connectivity index (χ2n) is 9.57. The van der Waals surface area contributed by atoms with Gasteiger partial charge in [0.1, 0.15) is 5.82 Å². The number of rotatable bonds is 10. The molecule has 0 aromatic heterocycles. The fourth-order valence-electron chi connectivity index (χ4n) is 4.99. The number of carboxylic acids is 1. The topological polar surface area (TPSA) is 61.4 Å². The average Bonchev–Trinajstić information content (AvgIpc) is 2.78. The van der Waals surface area contributed by atoms with E-state index in [1.165, 1.54) is 38.2 Å². The number of nitrogens with one attached hydrogen (secondary N) is 2. The minimum Gasteiger partial charge on any atom is -0.481 e. The molecule has 180 valence electrons. The van der Waals surface area contributed by atoms with Gasteiger partial charge in [0.2, 0.25) is 0 Å². The summed E-state index contributed by atoms with van der Waals surface area (Å²) in [5, 5.41) is 16.7. The highest BCUT2D eigenvalue weighted by molar-refractivity contribution is 6.30. The highest BCUT2D eigenvalue weighted by Gasteiger charge is 2.27. The predicted octanol–water partition coefficient (Wildman–Crippen LogP) is 8.21. The van der Waals surface area contributed by atoms with E-state index in [-0.39, 0.29) is 12.3 Å². The molecule has 1 aliphatic rings. The van der Waals surface area contributed by atoms with Crippen molar-refractivity contribution in [2.24, 2.45) is 11.8 Å². The molecule has 0 bridgehead atoms. The maximum Gasteiger partial charge on any atom is 0.303 e. The van der Waals surface area contributed by atoms with Crippen LogP contribution in [-0.4, -0.2) is 17.1 Å². The molecule has 3 rings (SSSR count). The van der Waals surface area contributed by atoms with Crippen LogP contribution < -0.4 is 10.6 Å². The largest absolute Gasteiger partial charge is 0.481 e. The van der Waals surface area contributed by atoms with Gasteiger partial charge in [-0.2, -0.15) is 0 Å². The van der Waals surface area contributed by atoms with Gasteiger partial charge in [0.15, 0.2) is 0 Å². The number of benzene rings is 2. The van der Waals surface area contributed by atoms with Crippen molar-refractivity contribution in [1.82, 2.24) is 0 Å². The minimum atomic E-state index is -0.820. The molecule has 1 aliphatic carbocycles. The van der Waals surface area contributed by atoms with E-state index >= 15 is 0 Å². The highest BCUT2D eigenvalue weighted by atomic mass is 35.5. The first kappa shape index (κ1) is 25.4. The molecule has 0 heterocycles. The van der Waals surface area contributed by atoms with Gasteiger partial charge in [0.05, 0.1) is 23.5 Å². The van der Waals surface area contributed by atoms with E-state index in [1.807, 2.05) is 25.1 Å². The molecule has 2 unspecified atom stereocenters. The second-order valence-corrected chi connectivity index (χ2v) is 10.0. The van der Waals surface area contributed by atoms with Gasteiger partial charge in [-0.15, -0.1) is 0 Å². The first-order valence-corrected chi connectivity index (χ1v) is 12.5. The van der Waals surface area contributed by atoms with E-state index < -0.39 is 11.8 Å². The Balaban J connectivity index is 1.97. The molecule has 6 heteroatoms. The summed E-state index contributed by atoms with van der Waals surface area (Å²) >= 11 is 5.94. The number of hydrogen-bond donors (Lipinski definition) is 3. The number of carbonyl (C=O) groups is 1. The molecule has 1 fully saturated rings. The molecule has 4 nitrogen and oxygen atoms in total. The van der Waals surface area contributed by atoms with Crippen LogP contribution >= 0.6 is 11.6 Å². The maximum absolute atomic E-state index is 14.6. The first-order chi connectivity index (χ1) is 15.8. The van der Waals surface area contributed by atoms with E-state index in [1.54, 1.807) is 12.1 Å². The summed E-state index contributed by atoms with van der Waals surface area (Å²) in [5.74, 6) is -0.299. The van der Waals surface area contributed by atoms with E-state index in [0.717, 1.165) is 16.9 Å². The fourth-order valence-corrected chi connectivity index (χ4v) is 5.15. The molecule has 0 amide bonds. The van der Waals surface area contributed by atoms with Crippen LogP contribution in [-0.2, 0) is 4.79 Å². The maximum atomic E-state index is 14.6. The molecule has 0 radical (unpaired) electrons. The molecule has 1 saturated carbocycles. The molecule has 0 saturated heterocycles. The second kappa shape index (κ2) is 11.7. The first-order valence-electron chi connectivity index (χ1n) is 12.1. The Kier molecular flexibility index (Phi) is 9.02. The van der Waals surface area contributed by atoms with Crippen LogP contribution in [0, 0.1) is 17.7 Å². The molecule has 2 atom stereocenters. The van der Waals surface area contributed by atoms with Crippen molar-refractivity contribution in [3.63, 3.8) is 0 Å². The van der Waals surface area contributed by atoms with Crippen LogP contribution in [0.25, 0.3) is 0 Å². The quantitative estimate of drug-likeness (QED) is 0.324. The van der Waals surface area contributed by atoms with Gasteiger partial charge >= 0.3 is 5.97 Å². The molecule has 2 aromatic carbocycles. The Bertz CT molecular complexity index is 944. The predicted molar refractivity (Wildman–Crippen MR) is 135 cm³/mol. The van der Waals surface area contributed by atoms with Crippen molar-refractivity contribution in [1.29, 1.82) is 0 Å². The summed E-state index contributed by atoms with van der Waals surface area (Å²) in [6.07, 6.45) is 7.06. The molecule has 0 spiro atoms. The van der Waals surface area contributed by atoms with Crippen molar-refractivity contribution in [2.45, 2.75) is 77.7 Å². The van der Waals surface area contributed by atoms with Gasteiger partial charge in [-0.3, -0.25) is 4.79 Å². The van der Waals surface area contributed by atoms with Gasteiger partial charge in [0, 0.05) is 11.1 Å². The zero-order valence-electron chi connectivity index (χ0n) is 19.8. The summed E-state index contributed by atoms with van der Waals surface area (Å²) in [6.45, 7) is 6.47. The Morgan fingerprint density at radius 1 is 1.09 bits per heavy atom. The molecule has 0 aliphatic heterocycles. The third-order valence-corrected chi connectivity index (χ3v) is 7.06. The summed E-state index contributed by atoms with van der Waals surface area (Å²) in [7, 11) is 0. The summed E-state index contributed by atoms with van der Waals surface area (Å²) < 4.78 is 14.6. The van der Waals surface area contributed by atoms with Crippen molar-refractivity contribution >= 4 is 34.6 Å². The van der Waals surface area contributed by atoms with Crippen LogP contribution in [0.1, 0.15) is 77.2 Å². The lowest BCUT2D eigenvalue weighted by atomic mass is 9.79. The van der Waals surface area contributed by atoms with E-state index in [0.29, 0.717) is 35.0 Å². The SMILES string of the molecule is CCC(CC(=O)O)c1ccc(NC(C(C)C)C2CCCCC2)c(Nc2ccc(Cl)cc2F)c1. The Morgan fingerprint density at radius 2 is 1.79 bits per heavy atom. The third-order valence-electron chi connectivity index (χ3n) is 6.83. The summed E-state index contributed by atoms with van der Waals surface area (Å²) in [4.78, 5) is 11.4. The molecular weight excluding hydrogens is 439 g/mol. The summed E-state index contributed by atoms with van der Waals surface area (Å²) in [6, 6.07) is 10.9. The van der Waals surface area contributed by atoms with Crippen molar-refractivity contribution < 1.29 is 14.3 Å². The van der Waals surface area contributed by atoms with Gasteiger partial charge < -0.3 is 15.7 Å². The normalized spacial score (nSPS) is 16.4. The molecule has 3 N–H and O–H groups in total. The Morgan fingerprint density at radius 3 is 2.39 bits per heavy atom. The number of hydrogen-bond acceptors (Lipinski definition) is 3. The monoisotopic (exact) mass is 474 g/mol. The lowest BCUT2D eigenvalue weighted by Crippen LogP contribution is -2.35. The smallest absolute Gasteiger partial charge is 0.303 e. The van der Waals surface area contributed by atoms with E-state index in [2.05, 4.69) is 24.5 Å². The molecule has 33 heavy (non-hydrogen) atoms. The zero-order chi connectivity index (χ0) is 24.0. The molecular formula is C27H36ClFN2O2.